The van der Waals surface area contributed by atoms with Gasteiger partial charge in [-0.05, 0) is 36.3 Å². The smallest absolute Gasteiger partial charge is 0.0103 e. The Morgan fingerprint density at radius 1 is 0.952 bits per heavy atom. The zero-order chi connectivity index (χ0) is 15.9. The van der Waals surface area contributed by atoms with Gasteiger partial charge in [0, 0.05) is 5.41 Å². The van der Waals surface area contributed by atoms with Gasteiger partial charge in [-0.15, -0.1) is 0 Å². The number of benzene rings is 1. The summed E-state index contributed by atoms with van der Waals surface area (Å²) in [6.07, 6.45) is 12.6. The molecule has 0 fully saturated rings. The van der Waals surface area contributed by atoms with Crippen LogP contribution in [0.5, 0.6) is 0 Å². The predicted octanol–water partition coefficient (Wildman–Crippen LogP) is 6.77. The Morgan fingerprint density at radius 3 is 2.05 bits per heavy atom. The van der Waals surface area contributed by atoms with Crippen molar-refractivity contribution in [3.8, 4) is 0 Å². The van der Waals surface area contributed by atoms with Crippen molar-refractivity contribution in [2.75, 3.05) is 0 Å². The van der Waals surface area contributed by atoms with Gasteiger partial charge in [0.25, 0.3) is 0 Å². The molecule has 1 aromatic rings. The van der Waals surface area contributed by atoms with E-state index in [1.54, 1.807) is 0 Å². The van der Waals surface area contributed by atoms with Gasteiger partial charge in [0.05, 0.1) is 0 Å². The third-order valence-corrected chi connectivity index (χ3v) is 4.51. The molecule has 1 unspecified atom stereocenters. The van der Waals surface area contributed by atoms with Crippen LogP contribution in [0.2, 0.25) is 0 Å². The maximum absolute atomic E-state index is 2.33. The molecule has 0 amide bonds. The van der Waals surface area contributed by atoms with Gasteiger partial charge >= 0.3 is 0 Å². The zero-order valence-corrected chi connectivity index (χ0v) is 14.7. The second kappa shape index (κ2) is 7.64. The summed E-state index contributed by atoms with van der Waals surface area (Å²) in [4.78, 5) is 0. The van der Waals surface area contributed by atoms with Gasteiger partial charge in [-0.2, -0.15) is 0 Å². The molecule has 0 aliphatic heterocycles. The van der Waals surface area contributed by atoms with E-state index in [4.69, 9.17) is 0 Å². The summed E-state index contributed by atoms with van der Waals surface area (Å²) in [6, 6.07) is 9.06. The van der Waals surface area contributed by atoms with Crippen LogP contribution in [0.3, 0.4) is 0 Å². The average molecular weight is 284 g/mol. The van der Waals surface area contributed by atoms with Crippen LogP contribution in [0.25, 0.3) is 6.08 Å². The van der Waals surface area contributed by atoms with Crippen LogP contribution in [0.4, 0.5) is 0 Å². The van der Waals surface area contributed by atoms with Crippen LogP contribution >= 0.6 is 0 Å². The maximum atomic E-state index is 2.33. The van der Waals surface area contributed by atoms with E-state index in [0.717, 1.165) is 6.42 Å². The molecule has 116 valence electrons. The molecule has 0 radical (unpaired) electrons. The number of allylic oxidation sites excluding steroid dienone is 3. The van der Waals surface area contributed by atoms with Gasteiger partial charge in [0.2, 0.25) is 0 Å². The fourth-order valence-corrected chi connectivity index (χ4v) is 2.63. The molecule has 0 heterocycles. The van der Waals surface area contributed by atoms with Gasteiger partial charge in [-0.25, -0.2) is 0 Å². The Labute approximate surface area is 132 Å². The monoisotopic (exact) mass is 284 g/mol. The molecule has 0 aliphatic rings. The van der Waals surface area contributed by atoms with Crippen LogP contribution in [0.1, 0.15) is 71.9 Å². The summed E-state index contributed by atoms with van der Waals surface area (Å²) < 4.78 is 0. The summed E-state index contributed by atoms with van der Waals surface area (Å²) in [5, 5.41) is 0. The first-order valence-corrected chi connectivity index (χ1v) is 8.30. The summed E-state index contributed by atoms with van der Waals surface area (Å²) >= 11 is 0. The van der Waals surface area contributed by atoms with Gasteiger partial charge < -0.3 is 0 Å². The summed E-state index contributed by atoms with van der Waals surface area (Å²) in [5.74, 6) is 0. The van der Waals surface area contributed by atoms with E-state index in [1.165, 1.54) is 24.0 Å². The van der Waals surface area contributed by atoms with Crippen molar-refractivity contribution in [1.82, 2.24) is 0 Å². The van der Waals surface area contributed by atoms with Gasteiger partial charge in [0.15, 0.2) is 0 Å². The Balaban J connectivity index is 2.96. The molecule has 0 saturated heterocycles. The van der Waals surface area contributed by atoms with Crippen molar-refractivity contribution in [3.63, 3.8) is 0 Å². The third kappa shape index (κ3) is 5.19. The molecule has 0 aliphatic carbocycles. The largest absolute Gasteiger partial charge is 0.0908 e. The molecule has 0 nitrogen and oxygen atoms in total. The highest BCUT2D eigenvalue weighted by molar-refractivity contribution is 5.51. The quantitative estimate of drug-likeness (QED) is 0.485. The van der Waals surface area contributed by atoms with Crippen LogP contribution < -0.4 is 0 Å². The summed E-state index contributed by atoms with van der Waals surface area (Å²) in [6.45, 7) is 13.5. The fourth-order valence-electron chi connectivity index (χ4n) is 2.63. The molecule has 0 saturated carbocycles. The van der Waals surface area contributed by atoms with Crippen molar-refractivity contribution < 1.29 is 0 Å². The van der Waals surface area contributed by atoms with Crippen LogP contribution in [-0.2, 0) is 5.41 Å². The van der Waals surface area contributed by atoms with E-state index in [1.807, 2.05) is 0 Å². The minimum atomic E-state index is 0.161. The van der Waals surface area contributed by atoms with E-state index in [0.29, 0.717) is 0 Å². The Hall–Kier alpha value is -1.30. The minimum Gasteiger partial charge on any atom is -0.0908 e. The Morgan fingerprint density at radius 2 is 1.57 bits per heavy atom. The molecular formula is C21H32. The van der Waals surface area contributed by atoms with Gasteiger partial charge in [-0.1, -0.05) is 89.6 Å². The highest BCUT2D eigenvalue weighted by Gasteiger charge is 2.21. The number of rotatable bonds is 7. The first kappa shape index (κ1) is 17.8. The first-order chi connectivity index (χ1) is 9.87. The first-order valence-electron chi connectivity index (χ1n) is 8.30. The molecule has 0 bridgehead atoms. The highest BCUT2D eigenvalue weighted by Crippen LogP contribution is 2.31. The van der Waals surface area contributed by atoms with Crippen molar-refractivity contribution >= 4 is 6.08 Å². The molecule has 0 aromatic heterocycles. The molecule has 1 atom stereocenters. The molecule has 0 spiro atoms. The summed E-state index contributed by atoms with van der Waals surface area (Å²) in [7, 11) is 0. The average Bonchev–Trinajstić information content (AvgIpc) is 2.46. The number of hydrogen-bond acceptors (Lipinski definition) is 0. The molecule has 21 heavy (non-hydrogen) atoms. The third-order valence-electron chi connectivity index (χ3n) is 4.51. The fraction of sp³-hybridized carbons (Fsp3) is 0.524. The van der Waals surface area contributed by atoms with E-state index < -0.39 is 0 Å². The topological polar surface area (TPSA) is 0 Å². The molecule has 1 rings (SSSR count). The molecule has 0 N–H and O–H groups in total. The second-order valence-electron chi connectivity index (χ2n) is 6.96. The standard InChI is InChI=1S/C21H32/c1-7-15-21(6,16-8-2)19-12-10-18(11-13-19)14-17-20(4,5)9-3/h7,10-15,17H,8-9,16H2,1-6H3. The lowest BCUT2D eigenvalue weighted by Crippen LogP contribution is -2.18. The number of hydrogen-bond donors (Lipinski definition) is 0. The van der Waals surface area contributed by atoms with Crippen molar-refractivity contribution in [3.05, 3.63) is 53.6 Å². The van der Waals surface area contributed by atoms with Gasteiger partial charge in [-0.3, -0.25) is 0 Å². The molecular weight excluding hydrogens is 252 g/mol. The van der Waals surface area contributed by atoms with E-state index in [-0.39, 0.29) is 10.8 Å². The maximum Gasteiger partial charge on any atom is 0.0103 e. The molecule has 1 aromatic carbocycles. The highest BCUT2D eigenvalue weighted by atomic mass is 14.3. The van der Waals surface area contributed by atoms with E-state index in [9.17, 15) is 0 Å². The SMILES string of the molecule is CC=CC(C)(CCC)c1ccc(C=CC(C)(C)CC)cc1. The van der Waals surface area contributed by atoms with Crippen LogP contribution in [0.15, 0.2) is 42.5 Å². The Bertz CT molecular complexity index is 473. The normalized spacial score (nSPS) is 15.7. The van der Waals surface area contributed by atoms with Crippen molar-refractivity contribution in [2.45, 2.75) is 66.2 Å². The minimum absolute atomic E-state index is 0.161. The predicted molar refractivity (Wildman–Crippen MR) is 96.6 cm³/mol. The lowest BCUT2D eigenvalue weighted by atomic mass is 9.78. The zero-order valence-electron chi connectivity index (χ0n) is 14.7. The lowest BCUT2D eigenvalue weighted by molar-refractivity contribution is 0.464. The molecule has 0 heteroatoms. The van der Waals surface area contributed by atoms with E-state index in [2.05, 4.69) is 90.1 Å². The van der Waals surface area contributed by atoms with Crippen LogP contribution in [0, 0.1) is 5.41 Å². The second-order valence-corrected chi connectivity index (χ2v) is 6.96. The summed E-state index contributed by atoms with van der Waals surface area (Å²) in [5.41, 5.74) is 3.14. The van der Waals surface area contributed by atoms with Crippen molar-refractivity contribution in [1.29, 1.82) is 0 Å². The van der Waals surface area contributed by atoms with Crippen LogP contribution in [-0.4, -0.2) is 0 Å². The lowest BCUT2D eigenvalue weighted by Gasteiger charge is -2.26. The van der Waals surface area contributed by atoms with Gasteiger partial charge in [0.1, 0.15) is 0 Å². The Kier molecular flexibility index (Phi) is 6.45. The van der Waals surface area contributed by atoms with Crippen molar-refractivity contribution in [2.24, 2.45) is 5.41 Å². The van der Waals surface area contributed by atoms with E-state index >= 15 is 0 Å².